The Labute approximate surface area is 92.9 Å². The van der Waals surface area contributed by atoms with Crippen LogP contribution in [0.2, 0.25) is 0 Å². The molecule has 0 saturated heterocycles. The van der Waals surface area contributed by atoms with Crippen LogP contribution in [0.4, 0.5) is 0 Å². The molecular weight excluding hydrogens is 218 g/mol. The van der Waals surface area contributed by atoms with Crippen molar-refractivity contribution in [3.63, 3.8) is 0 Å². The molecule has 0 saturated carbocycles. The minimum atomic E-state index is -1.75. The molecule has 0 rings (SSSR count). The molecular formula is C9H17NO6. The van der Waals surface area contributed by atoms with Crippen LogP contribution < -0.4 is 0 Å². The number of nitrogens with zero attached hydrogens (tertiary/aromatic N) is 1. The Bertz CT molecular complexity index is 242. The first-order chi connectivity index (χ1) is 7.38. The van der Waals surface area contributed by atoms with Crippen LogP contribution in [0.5, 0.6) is 0 Å². The number of hydrogen-bond acceptors (Lipinski definition) is 5. The van der Waals surface area contributed by atoms with Gasteiger partial charge in [-0.3, -0.25) is 14.9 Å². The van der Waals surface area contributed by atoms with Gasteiger partial charge >= 0.3 is 5.97 Å². The normalized spacial score (nSPS) is 14.8. The highest BCUT2D eigenvalue weighted by atomic mass is 16.6. The molecule has 2 unspecified atom stereocenters. The number of nitro groups is 1. The highest BCUT2D eigenvalue weighted by Crippen LogP contribution is 2.18. The molecule has 0 aromatic heterocycles. The summed E-state index contributed by atoms with van der Waals surface area (Å²) in [5.41, 5.74) is 0. The summed E-state index contributed by atoms with van der Waals surface area (Å²) in [5.74, 6) is -2.34. The highest BCUT2D eigenvalue weighted by molar-refractivity contribution is 5.69. The van der Waals surface area contributed by atoms with Crippen molar-refractivity contribution in [1.29, 1.82) is 0 Å². The Balaban J connectivity index is 4.44. The van der Waals surface area contributed by atoms with Gasteiger partial charge in [-0.05, 0) is 6.42 Å². The van der Waals surface area contributed by atoms with E-state index in [9.17, 15) is 14.9 Å². The van der Waals surface area contributed by atoms with E-state index >= 15 is 0 Å². The highest BCUT2D eigenvalue weighted by Gasteiger charge is 2.29. The van der Waals surface area contributed by atoms with Gasteiger partial charge < -0.3 is 15.3 Å². The molecule has 7 nitrogen and oxygen atoms in total. The maximum Gasteiger partial charge on any atom is 0.306 e. The monoisotopic (exact) mass is 235 g/mol. The first-order valence-electron chi connectivity index (χ1n) is 5.10. The topological polar surface area (TPSA) is 121 Å². The zero-order valence-electron chi connectivity index (χ0n) is 9.07. The maximum atomic E-state index is 10.8. The van der Waals surface area contributed by atoms with Gasteiger partial charge in [0.1, 0.15) is 0 Å². The molecule has 7 heteroatoms. The molecule has 0 aliphatic rings. The van der Waals surface area contributed by atoms with E-state index in [2.05, 4.69) is 0 Å². The van der Waals surface area contributed by atoms with E-state index in [-0.39, 0.29) is 19.3 Å². The van der Waals surface area contributed by atoms with Gasteiger partial charge in [0.2, 0.25) is 6.04 Å². The number of carbonyl (C=O) groups is 1. The number of rotatable bonds is 8. The molecule has 0 radical (unpaired) electrons. The number of hydrogen-bond donors (Lipinski definition) is 3. The molecule has 0 aromatic carbocycles. The molecule has 0 amide bonds. The van der Waals surface area contributed by atoms with Gasteiger partial charge in [-0.2, -0.15) is 0 Å². The third-order valence-electron chi connectivity index (χ3n) is 2.32. The molecule has 94 valence electrons. The van der Waals surface area contributed by atoms with Gasteiger partial charge in [0.05, 0.1) is 5.92 Å². The molecule has 2 atom stereocenters. The third-order valence-corrected chi connectivity index (χ3v) is 2.32. The Morgan fingerprint density at radius 3 is 2.25 bits per heavy atom. The predicted molar refractivity (Wildman–Crippen MR) is 54.3 cm³/mol. The first-order valence-corrected chi connectivity index (χ1v) is 5.10. The first kappa shape index (κ1) is 14.8. The van der Waals surface area contributed by atoms with Crippen LogP contribution in [0.15, 0.2) is 0 Å². The second kappa shape index (κ2) is 7.13. The van der Waals surface area contributed by atoms with E-state index in [0.717, 1.165) is 0 Å². The van der Waals surface area contributed by atoms with Gasteiger partial charge in [-0.25, -0.2) is 0 Å². The second-order valence-corrected chi connectivity index (χ2v) is 3.72. The number of carboxylic acid groups (broad SMARTS) is 1. The van der Waals surface area contributed by atoms with Crippen LogP contribution in [0.1, 0.15) is 32.6 Å². The van der Waals surface area contributed by atoms with E-state index in [1.54, 1.807) is 6.92 Å². The smallest absolute Gasteiger partial charge is 0.306 e. The molecule has 0 bridgehead atoms. The number of aliphatic carboxylic acids is 1. The summed E-state index contributed by atoms with van der Waals surface area (Å²) in [6, 6.07) is -0.940. The fraction of sp³-hybridized carbons (Fsp3) is 0.889. The average Bonchev–Trinajstić information content (AvgIpc) is 2.14. The SMILES string of the molecule is CCCC(CC(CC(O)O)C(=O)O)[N+](=O)[O-]. The summed E-state index contributed by atoms with van der Waals surface area (Å²) in [7, 11) is 0. The van der Waals surface area contributed by atoms with E-state index in [1.807, 2.05) is 0 Å². The van der Waals surface area contributed by atoms with Crippen LogP contribution in [0, 0.1) is 16.0 Å². The minimum absolute atomic E-state index is 0.173. The molecule has 3 N–H and O–H groups in total. The third kappa shape index (κ3) is 5.62. The standard InChI is InChI=1S/C9H17NO6/c1-2-3-7(10(15)16)4-6(9(13)14)5-8(11)12/h6-8,11-12H,2-5H2,1H3,(H,13,14). The van der Waals surface area contributed by atoms with Crippen LogP contribution >= 0.6 is 0 Å². The van der Waals surface area contributed by atoms with Crippen molar-refractivity contribution in [2.24, 2.45) is 5.92 Å². The summed E-state index contributed by atoms with van der Waals surface area (Å²) in [4.78, 5) is 20.9. The predicted octanol–water partition coefficient (Wildman–Crippen LogP) is 0.224. The zero-order chi connectivity index (χ0) is 12.7. The summed E-state index contributed by atoms with van der Waals surface area (Å²) >= 11 is 0. The van der Waals surface area contributed by atoms with E-state index in [1.165, 1.54) is 0 Å². The lowest BCUT2D eigenvalue weighted by Crippen LogP contribution is -2.29. The molecule has 0 spiro atoms. The lowest BCUT2D eigenvalue weighted by molar-refractivity contribution is -0.525. The Morgan fingerprint density at radius 1 is 1.38 bits per heavy atom. The zero-order valence-corrected chi connectivity index (χ0v) is 9.07. The van der Waals surface area contributed by atoms with Crippen molar-refractivity contribution in [3.05, 3.63) is 10.1 Å². The van der Waals surface area contributed by atoms with E-state index in [4.69, 9.17) is 15.3 Å². The minimum Gasteiger partial charge on any atom is -0.481 e. The van der Waals surface area contributed by atoms with Gasteiger partial charge in [0.15, 0.2) is 6.29 Å². The maximum absolute atomic E-state index is 10.8. The lowest BCUT2D eigenvalue weighted by Gasteiger charge is -2.15. The molecule has 0 aliphatic carbocycles. The molecule has 0 aliphatic heterocycles. The summed E-state index contributed by atoms with van der Waals surface area (Å²) in [5, 5.41) is 36.7. The molecule has 0 aromatic rings. The van der Waals surface area contributed by atoms with Crippen molar-refractivity contribution >= 4 is 5.97 Å². The Morgan fingerprint density at radius 2 is 1.94 bits per heavy atom. The average molecular weight is 235 g/mol. The van der Waals surface area contributed by atoms with Gasteiger partial charge in [0.25, 0.3) is 0 Å². The number of aliphatic hydroxyl groups is 2. The van der Waals surface area contributed by atoms with Crippen LogP contribution in [-0.2, 0) is 4.79 Å². The largest absolute Gasteiger partial charge is 0.481 e. The Hall–Kier alpha value is -1.21. The van der Waals surface area contributed by atoms with Gasteiger partial charge in [-0.1, -0.05) is 6.92 Å². The van der Waals surface area contributed by atoms with E-state index < -0.39 is 29.1 Å². The van der Waals surface area contributed by atoms with Crippen molar-refractivity contribution in [3.8, 4) is 0 Å². The fourth-order valence-electron chi connectivity index (χ4n) is 1.52. The second-order valence-electron chi connectivity index (χ2n) is 3.72. The van der Waals surface area contributed by atoms with Crippen LogP contribution in [0.25, 0.3) is 0 Å². The van der Waals surface area contributed by atoms with Crippen molar-refractivity contribution < 1.29 is 25.0 Å². The quantitative estimate of drug-likeness (QED) is 0.314. The number of aliphatic hydroxyl groups excluding tert-OH is 1. The van der Waals surface area contributed by atoms with E-state index in [0.29, 0.717) is 6.42 Å². The molecule has 16 heavy (non-hydrogen) atoms. The molecule has 0 fully saturated rings. The molecule has 0 heterocycles. The number of carboxylic acids is 1. The summed E-state index contributed by atoms with van der Waals surface area (Å²) in [6.07, 6.45) is -1.44. The summed E-state index contributed by atoms with van der Waals surface area (Å²) in [6.45, 7) is 1.77. The summed E-state index contributed by atoms with van der Waals surface area (Å²) < 4.78 is 0. The van der Waals surface area contributed by atoms with Crippen molar-refractivity contribution in [2.75, 3.05) is 0 Å². The Kier molecular flexibility index (Phi) is 6.59. The lowest BCUT2D eigenvalue weighted by atomic mass is 9.94. The van der Waals surface area contributed by atoms with Crippen LogP contribution in [0.3, 0.4) is 0 Å². The van der Waals surface area contributed by atoms with Gasteiger partial charge in [-0.15, -0.1) is 0 Å². The van der Waals surface area contributed by atoms with Crippen LogP contribution in [-0.4, -0.2) is 38.5 Å². The van der Waals surface area contributed by atoms with Crippen molar-refractivity contribution in [1.82, 2.24) is 0 Å². The van der Waals surface area contributed by atoms with Gasteiger partial charge in [0, 0.05) is 24.2 Å². The fourth-order valence-corrected chi connectivity index (χ4v) is 1.52. The van der Waals surface area contributed by atoms with Crippen molar-refractivity contribution in [2.45, 2.75) is 44.9 Å².